The number of hydrogen-bond acceptors (Lipinski definition) is 6. The summed E-state index contributed by atoms with van der Waals surface area (Å²) in [6, 6.07) is 16.1. The van der Waals surface area contributed by atoms with Gasteiger partial charge in [0.15, 0.2) is 11.6 Å². The molecule has 0 aliphatic heterocycles. The van der Waals surface area contributed by atoms with Gasteiger partial charge in [0.1, 0.15) is 17.8 Å². The molecule has 0 aliphatic rings. The van der Waals surface area contributed by atoms with Gasteiger partial charge in [0.25, 0.3) is 0 Å². The summed E-state index contributed by atoms with van der Waals surface area (Å²) >= 11 is 0. The zero-order chi connectivity index (χ0) is 18.4. The molecule has 134 valence electrons. The highest BCUT2D eigenvalue weighted by Gasteiger charge is 2.08. The van der Waals surface area contributed by atoms with Crippen LogP contribution in [0.15, 0.2) is 54.9 Å². The number of nitrogen functional groups attached to an aromatic ring is 1. The number of anilines is 4. The third kappa shape index (κ3) is 4.22. The summed E-state index contributed by atoms with van der Waals surface area (Å²) in [4.78, 5) is 8.50. The van der Waals surface area contributed by atoms with Gasteiger partial charge in [0, 0.05) is 12.2 Å². The molecule has 6 heteroatoms. The second kappa shape index (κ2) is 8.20. The highest BCUT2D eigenvalue weighted by Crippen LogP contribution is 2.26. The van der Waals surface area contributed by atoms with Crippen LogP contribution in [0.25, 0.3) is 0 Å². The number of rotatable bonds is 7. The topological polar surface area (TPSA) is 85.1 Å². The Hall–Kier alpha value is -3.28. The second-order valence-corrected chi connectivity index (χ2v) is 5.86. The van der Waals surface area contributed by atoms with Crippen molar-refractivity contribution in [1.29, 1.82) is 0 Å². The van der Waals surface area contributed by atoms with Gasteiger partial charge in [-0.05, 0) is 41.8 Å². The number of benzene rings is 2. The number of hydrogen-bond donors (Lipinski definition) is 3. The molecule has 0 saturated carbocycles. The van der Waals surface area contributed by atoms with E-state index in [0.29, 0.717) is 23.9 Å². The lowest BCUT2D eigenvalue weighted by Gasteiger charge is -2.13. The Kier molecular flexibility index (Phi) is 5.53. The van der Waals surface area contributed by atoms with Gasteiger partial charge in [0.2, 0.25) is 0 Å². The molecule has 3 rings (SSSR count). The fourth-order valence-corrected chi connectivity index (χ4v) is 2.53. The third-order valence-corrected chi connectivity index (χ3v) is 4.13. The van der Waals surface area contributed by atoms with E-state index in [0.717, 1.165) is 23.4 Å². The Morgan fingerprint density at radius 2 is 1.58 bits per heavy atom. The summed E-state index contributed by atoms with van der Waals surface area (Å²) in [6.07, 6.45) is 2.50. The van der Waals surface area contributed by atoms with Crippen molar-refractivity contribution in [3.05, 3.63) is 66.0 Å². The van der Waals surface area contributed by atoms with Gasteiger partial charge in [-0.3, -0.25) is 0 Å². The largest absolute Gasteiger partial charge is 0.497 e. The number of nitrogens with one attached hydrogen (secondary N) is 2. The molecule has 2 aromatic carbocycles. The van der Waals surface area contributed by atoms with Crippen molar-refractivity contribution < 1.29 is 4.74 Å². The second-order valence-electron chi connectivity index (χ2n) is 5.86. The van der Waals surface area contributed by atoms with Crippen LogP contribution < -0.4 is 21.1 Å². The minimum atomic E-state index is 0.487. The Bertz CT molecular complexity index is 847. The summed E-state index contributed by atoms with van der Waals surface area (Å²) in [7, 11) is 1.65. The fraction of sp³-hybridized carbons (Fsp3) is 0.200. The van der Waals surface area contributed by atoms with E-state index in [1.807, 2.05) is 36.4 Å². The Morgan fingerprint density at radius 3 is 2.23 bits per heavy atom. The van der Waals surface area contributed by atoms with Crippen molar-refractivity contribution in [2.24, 2.45) is 0 Å². The molecule has 1 heterocycles. The first kappa shape index (κ1) is 17.5. The molecule has 0 aliphatic carbocycles. The van der Waals surface area contributed by atoms with Crippen molar-refractivity contribution in [2.45, 2.75) is 19.9 Å². The average Bonchev–Trinajstić information content (AvgIpc) is 2.69. The molecule has 3 aromatic rings. The van der Waals surface area contributed by atoms with Crippen LogP contribution in [0.5, 0.6) is 5.75 Å². The number of methoxy groups -OCH3 is 1. The number of aromatic nitrogens is 2. The average molecular weight is 349 g/mol. The summed E-state index contributed by atoms with van der Waals surface area (Å²) in [6.45, 7) is 2.74. The quantitative estimate of drug-likeness (QED) is 0.598. The normalized spacial score (nSPS) is 10.4. The standard InChI is InChI=1S/C20H23N5O/c1-3-14-4-8-16(9-5-14)25-20-18(21)19(23-13-24-20)22-12-15-6-10-17(26-2)11-7-15/h4-11,13H,3,12,21H2,1-2H3,(H2,22,23,24,25). The fourth-order valence-electron chi connectivity index (χ4n) is 2.53. The van der Waals surface area contributed by atoms with Crippen LogP contribution in [-0.2, 0) is 13.0 Å². The highest BCUT2D eigenvalue weighted by molar-refractivity contribution is 5.77. The van der Waals surface area contributed by atoms with E-state index in [4.69, 9.17) is 10.5 Å². The molecular weight excluding hydrogens is 326 g/mol. The van der Waals surface area contributed by atoms with E-state index < -0.39 is 0 Å². The predicted octanol–water partition coefficient (Wildman–Crippen LogP) is 3.99. The van der Waals surface area contributed by atoms with E-state index in [2.05, 4.69) is 39.7 Å². The van der Waals surface area contributed by atoms with E-state index >= 15 is 0 Å². The molecular formula is C20H23N5O. The Balaban J connectivity index is 1.69. The van der Waals surface area contributed by atoms with Gasteiger partial charge in [-0.2, -0.15) is 0 Å². The summed E-state index contributed by atoms with van der Waals surface area (Å²) in [5.74, 6) is 2.01. The lowest BCUT2D eigenvalue weighted by Crippen LogP contribution is -2.08. The predicted molar refractivity (Wildman–Crippen MR) is 106 cm³/mol. The molecule has 6 nitrogen and oxygen atoms in total. The lowest BCUT2D eigenvalue weighted by molar-refractivity contribution is 0.414. The molecule has 0 atom stereocenters. The molecule has 0 fully saturated rings. The number of ether oxygens (including phenoxy) is 1. The summed E-state index contributed by atoms with van der Waals surface area (Å²) in [5, 5.41) is 6.50. The zero-order valence-corrected chi connectivity index (χ0v) is 15.0. The van der Waals surface area contributed by atoms with Crippen molar-refractivity contribution in [1.82, 2.24) is 9.97 Å². The van der Waals surface area contributed by atoms with Crippen LogP contribution in [-0.4, -0.2) is 17.1 Å². The summed E-state index contributed by atoms with van der Waals surface area (Å²) < 4.78 is 5.17. The van der Waals surface area contributed by atoms with E-state index in [1.165, 1.54) is 11.9 Å². The van der Waals surface area contributed by atoms with Crippen LogP contribution in [0.2, 0.25) is 0 Å². The Morgan fingerprint density at radius 1 is 0.923 bits per heavy atom. The van der Waals surface area contributed by atoms with Crippen LogP contribution in [0.4, 0.5) is 23.0 Å². The van der Waals surface area contributed by atoms with Crippen molar-refractivity contribution >= 4 is 23.0 Å². The monoisotopic (exact) mass is 349 g/mol. The van der Waals surface area contributed by atoms with Gasteiger partial charge >= 0.3 is 0 Å². The van der Waals surface area contributed by atoms with E-state index in [-0.39, 0.29) is 0 Å². The smallest absolute Gasteiger partial charge is 0.159 e. The molecule has 0 spiro atoms. The van der Waals surface area contributed by atoms with Crippen LogP contribution in [0.1, 0.15) is 18.1 Å². The van der Waals surface area contributed by atoms with Gasteiger partial charge in [-0.25, -0.2) is 9.97 Å². The maximum atomic E-state index is 6.23. The highest BCUT2D eigenvalue weighted by atomic mass is 16.5. The number of nitrogens with two attached hydrogens (primary N) is 1. The van der Waals surface area contributed by atoms with Gasteiger partial charge in [0.05, 0.1) is 7.11 Å². The minimum absolute atomic E-state index is 0.487. The number of nitrogens with zero attached hydrogens (tertiary/aromatic N) is 2. The van der Waals surface area contributed by atoms with Crippen molar-refractivity contribution in [3.63, 3.8) is 0 Å². The minimum Gasteiger partial charge on any atom is -0.497 e. The van der Waals surface area contributed by atoms with Crippen LogP contribution >= 0.6 is 0 Å². The third-order valence-electron chi connectivity index (χ3n) is 4.13. The van der Waals surface area contributed by atoms with Crippen molar-refractivity contribution in [3.8, 4) is 5.75 Å². The molecule has 0 amide bonds. The first-order valence-corrected chi connectivity index (χ1v) is 8.53. The Labute approximate surface area is 153 Å². The van der Waals surface area contributed by atoms with Gasteiger partial charge in [-0.1, -0.05) is 31.2 Å². The van der Waals surface area contributed by atoms with Crippen LogP contribution in [0, 0.1) is 0 Å². The lowest BCUT2D eigenvalue weighted by atomic mass is 10.1. The van der Waals surface area contributed by atoms with E-state index in [1.54, 1.807) is 7.11 Å². The maximum absolute atomic E-state index is 6.23. The molecule has 1 aromatic heterocycles. The van der Waals surface area contributed by atoms with Gasteiger partial charge < -0.3 is 21.1 Å². The first-order chi connectivity index (χ1) is 12.7. The molecule has 0 unspecified atom stereocenters. The van der Waals surface area contributed by atoms with Gasteiger partial charge in [-0.15, -0.1) is 0 Å². The number of aryl methyl sites for hydroxylation is 1. The molecule has 26 heavy (non-hydrogen) atoms. The van der Waals surface area contributed by atoms with Crippen LogP contribution in [0.3, 0.4) is 0 Å². The first-order valence-electron chi connectivity index (χ1n) is 8.53. The van der Waals surface area contributed by atoms with Crippen molar-refractivity contribution in [2.75, 3.05) is 23.5 Å². The van der Waals surface area contributed by atoms with E-state index in [9.17, 15) is 0 Å². The molecule has 0 saturated heterocycles. The summed E-state index contributed by atoms with van der Waals surface area (Å²) in [5.41, 5.74) is 10.0. The molecule has 0 radical (unpaired) electrons. The molecule has 4 N–H and O–H groups in total. The SMILES string of the molecule is CCc1ccc(Nc2ncnc(NCc3ccc(OC)cc3)c2N)cc1. The zero-order valence-electron chi connectivity index (χ0n) is 15.0. The maximum Gasteiger partial charge on any atom is 0.159 e. The molecule has 0 bridgehead atoms.